The van der Waals surface area contributed by atoms with Gasteiger partial charge in [0.25, 0.3) is 0 Å². The van der Waals surface area contributed by atoms with E-state index < -0.39 is 12.0 Å². The Bertz CT molecular complexity index is 1740. The van der Waals surface area contributed by atoms with Crippen molar-refractivity contribution in [2.45, 2.75) is 55.9 Å². The van der Waals surface area contributed by atoms with Crippen molar-refractivity contribution in [3.63, 3.8) is 0 Å². The maximum Gasteiger partial charge on any atom is 0.319 e. The summed E-state index contributed by atoms with van der Waals surface area (Å²) in [6, 6.07) is 10.0. The Labute approximate surface area is 242 Å². The molecular weight excluding hydrogens is 536 g/mol. The number of hydrogen-bond donors (Lipinski definition) is 1. The molecule has 0 aliphatic carbocycles. The molecule has 214 valence electrons. The molecule has 1 aromatic carbocycles. The van der Waals surface area contributed by atoms with Gasteiger partial charge in [0.2, 0.25) is 0 Å². The molecule has 0 radical (unpaired) electrons. The molecule has 2 bridgehead atoms. The molecule has 8 rings (SSSR count). The second kappa shape index (κ2) is 9.82. The fourth-order valence-electron chi connectivity index (χ4n) is 7.62. The van der Waals surface area contributed by atoms with Crippen LogP contribution in [0.1, 0.15) is 37.8 Å². The van der Waals surface area contributed by atoms with Crippen LogP contribution >= 0.6 is 0 Å². The smallest absolute Gasteiger partial charge is 0.319 e. The number of ether oxygens (including phenoxy) is 1. The minimum Gasteiger partial charge on any atom is -0.461 e. The van der Waals surface area contributed by atoms with E-state index in [1.807, 2.05) is 24.3 Å². The number of anilines is 1. The Morgan fingerprint density at radius 3 is 2.74 bits per heavy atom. The Morgan fingerprint density at radius 2 is 1.90 bits per heavy atom. The van der Waals surface area contributed by atoms with Gasteiger partial charge in [0.15, 0.2) is 5.82 Å². The van der Waals surface area contributed by atoms with Gasteiger partial charge in [-0.1, -0.05) is 24.3 Å². The minimum atomic E-state index is -0.878. The van der Waals surface area contributed by atoms with E-state index in [2.05, 4.69) is 36.0 Å². The highest BCUT2D eigenvalue weighted by Gasteiger charge is 2.49. The van der Waals surface area contributed by atoms with Crippen LogP contribution in [0.15, 0.2) is 36.5 Å². The predicted octanol–water partition coefficient (Wildman–Crippen LogP) is 4.26. The lowest BCUT2D eigenvalue weighted by molar-refractivity contribution is 0.107. The summed E-state index contributed by atoms with van der Waals surface area (Å²) in [6.45, 7) is 2.95. The van der Waals surface area contributed by atoms with Gasteiger partial charge in [-0.15, -0.1) is 6.42 Å². The third kappa shape index (κ3) is 4.09. The molecule has 4 aliphatic heterocycles. The molecule has 1 N–H and O–H groups in total. The van der Waals surface area contributed by atoms with Crippen LogP contribution in [0.3, 0.4) is 0 Å². The summed E-state index contributed by atoms with van der Waals surface area (Å²) < 4.78 is 37.4. The molecule has 3 aromatic heterocycles. The zero-order chi connectivity index (χ0) is 28.4. The zero-order valence-electron chi connectivity index (χ0n) is 23.2. The summed E-state index contributed by atoms with van der Waals surface area (Å²) >= 11 is 0. The lowest BCUT2D eigenvalue weighted by Gasteiger charge is -2.34. The molecule has 4 aromatic rings. The van der Waals surface area contributed by atoms with E-state index in [0.29, 0.717) is 60.4 Å². The van der Waals surface area contributed by atoms with Crippen LogP contribution in [0.4, 0.5) is 14.6 Å². The highest BCUT2D eigenvalue weighted by atomic mass is 19.1. The molecule has 0 spiro atoms. The standard InChI is InChI=1S/C32H31F2N7O/c1-2-24-25-29(26(34)28(37-24)23-8-3-6-19-7-4-12-35-27(19)23)38-31(39-30(25)40-16-21-9-10-22(17-40)36-21)42-18-32-11-5-13-41(32)15-20(33)14-32/h1,3-4,6-8,12,20-22,36H,5,9-11,13-18H2/t20-,21?,22?,32+/m1/s1. The molecule has 7 heterocycles. The largest absolute Gasteiger partial charge is 0.461 e. The molecule has 10 heteroatoms. The minimum absolute atomic E-state index is 0.0713. The van der Waals surface area contributed by atoms with E-state index in [1.54, 1.807) is 12.3 Å². The number of pyridine rings is 2. The molecular formula is C32H31F2N7O. The normalized spacial score (nSPS) is 27.1. The van der Waals surface area contributed by atoms with Gasteiger partial charge in [-0.25, -0.2) is 13.8 Å². The number of nitrogens with zero attached hydrogens (tertiary/aromatic N) is 6. The van der Waals surface area contributed by atoms with Crippen molar-refractivity contribution in [2.75, 3.05) is 37.7 Å². The summed E-state index contributed by atoms with van der Waals surface area (Å²) in [7, 11) is 0. The van der Waals surface area contributed by atoms with Crippen molar-refractivity contribution in [1.82, 2.24) is 30.2 Å². The predicted molar refractivity (Wildman–Crippen MR) is 157 cm³/mol. The van der Waals surface area contributed by atoms with E-state index >= 15 is 4.39 Å². The number of rotatable bonds is 5. The average molecular weight is 568 g/mol. The van der Waals surface area contributed by atoms with Crippen LogP contribution in [0.5, 0.6) is 6.01 Å². The number of piperazine rings is 1. The summed E-state index contributed by atoms with van der Waals surface area (Å²) in [5.41, 5.74) is 1.22. The molecule has 42 heavy (non-hydrogen) atoms. The monoisotopic (exact) mass is 567 g/mol. The Balaban J connectivity index is 1.29. The molecule has 0 saturated carbocycles. The molecule has 4 aliphatic rings. The number of alkyl halides is 1. The van der Waals surface area contributed by atoms with Crippen molar-refractivity contribution in [2.24, 2.45) is 0 Å². The highest BCUT2D eigenvalue weighted by molar-refractivity contribution is 5.99. The van der Waals surface area contributed by atoms with Crippen LogP contribution in [0, 0.1) is 18.2 Å². The first kappa shape index (κ1) is 25.7. The Morgan fingerprint density at radius 1 is 1.07 bits per heavy atom. The van der Waals surface area contributed by atoms with E-state index in [0.717, 1.165) is 37.6 Å². The number of hydrogen-bond acceptors (Lipinski definition) is 8. The second-order valence-electron chi connectivity index (χ2n) is 12.1. The fourth-order valence-corrected chi connectivity index (χ4v) is 7.62. The topological polar surface area (TPSA) is 79.3 Å². The van der Waals surface area contributed by atoms with E-state index in [4.69, 9.17) is 16.1 Å². The van der Waals surface area contributed by atoms with Gasteiger partial charge in [0.1, 0.15) is 35.5 Å². The number of nitrogens with one attached hydrogen (secondary N) is 1. The Hall–Kier alpha value is -3.94. The van der Waals surface area contributed by atoms with Crippen LogP contribution in [0.2, 0.25) is 0 Å². The van der Waals surface area contributed by atoms with Gasteiger partial charge in [-0.3, -0.25) is 9.88 Å². The maximum atomic E-state index is 16.7. The van der Waals surface area contributed by atoms with Crippen molar-refractivity contribution in [1.29, 1.82) is 0 Å². The number of fused-ring (bicyclic) bond motifs is 5. The SMILES string of the molecule is C#Cc1nc(-c2cccc3cccnc23)c(F)c2nc(OC[C@@]34CCCN3C[C@H](F)C4)nc(N3CC4CCC(C3)N4)c12. The molecule has 0 amide bonds. The lowest BCUT2D eigenvalue weighted by Crippen LogP contribution is -2.51. The third-order valence-electron chi connectivity index (χ3n) is 9.52. The third-order valence-corrected chi connectivity index (χ3v) is 9.52. The maximum absolute atomic E-state index is 16.7. The first-order chi connectivity index (χ1) is 20.5. The first-order valence-corrected chi connectivity index (χ1v) is 14.8. The fraction of sp³-hybridized carbons (Fsp3) is 0.438. The van der Waals surface area contributed by atoms with Gasteiger partial charge < -0.3 is 15.0 Å². The van der Waals surface area contributed by atoms with Crippen LogP contribution in [-0.2, 0) is 0 Å². The van der Waals surface area contributed by atoms with Crippen LogP contribution < -0.4 is 15.0 Å². The number of benzene rings is 1. The summed E-state index contributed by atoms with van der Waals surface area (Å²) in [5.74, 6) is 2.63. The molecule has 4 saturated heterocycles. The summed E-state index contributed by atoms with van der Waals surface area (Å²) in [6.07, 6.45) is 11.2. The van der Waals surface area contributed by atoms with Gasteiger partial charge in [-0.05, 0) is 44.2 Å². The molecule has 4 fully saturated rings. The van der Waals surface area contributed by atoms with Crippen LogP contribution in [-0.4, -0.2) is 81.4 Å². The van der Waals surface area contributed by atoms with Gasteiger partial charge >= 0.3 is 6.01 Å². The average Bonchev–Trinajstić information content (AvgIpc) is 3.66. The van der Waals surface area contributed by atoms with E-state index in [9.17, 15) is 4.39 Å². The molecule has 4 atom stereocenters. The van der Waals surface area contributed by atoms with E-state index in [-0.39, 0.29) is 35.1 Å². The molecule has 8 nitrogen and oxygen atoms in total. The first-order valence-electron chi connectivity index (χ1n) is 14.8. The number of halogens is 2. The Kier molecular flexibility index (Phi) is 6.02. The van der Waals surface area contributed by atoms with E-state index in [1.165, 1.54) is 0 Å². The van der Waals surface area contributed by atoms with Crippen molar-refractivity contribution in [3.05, 3.63) is 48.0 Å². The second-order valence-corrected chi connectivity index (χ2v) is 12.1. The van der Waals surface area contributed by atoms with Gasteiger partial charge in [0, 0.05) is 55.3 Å². The molecule has 2 unspecified atom stereocenters. The van der Waals surface area contributed by atoms with Gasteiger partial charge in [0.05, 0.1) is 16.4 Å². The summed E-state index contributed by atoms with van der Waals surface area (Å²) in [4.78, 5) is 23.0. The van der Waals surface area contributed by atoms with Crippen molar-refractivity contribution < 1.29 is 13.5 Å². The number of terminal acetylenes is 1. The lowest BCUT2D eigenvalue weighted by atomic mass is 9.95. The highest BCUT2D eigenvalue weighted by Crippen LogP contribution is 2.41. The quantitative estimate of drug-likeness (QED) is 0.359. The van der Waals surface area contributed by atoms with Gasteiger partial charge in [-0.2, -0.15) is 9.97 Å². The zero-order valence-corrected chi connectivity index (χ0v) is 23.2. The van der Waals surface area contributed by atoms with Crippen molar-refractivity contribution in [3.8, 4) is 29.6 Å². The van der Waals surface area contributed by atoms with Crippen LogP contribution in [0.25, 0.3) is 33.1 Å². The summed E-state index contributed by atoms with van der Waals surface area (Å²) in [5, 5.41) is 4.91. The van der Waals surface area contributed by atoms with Crippen molar-refractivity contribution >= 4 is 27.6 Å². The number of para-hydroxylation sites is 1. The number of aromatic nitrogens is 4.